The van der Waals surface area contributed by atoms with Crippen LogP contribution in [0.3, 0.4) is 0 Å². The number of nitrogens with one attached hydrogen (secondary N) is 2. The molecule has 2 N–H and O–H groups in total. The fourth-order valence-corrected chi connectivity index (χ4v) is 1.85. The number of guanidine groups is 1. The Hall–Kier alpha value is -1.51. The van der Waals surface area contributed by atoms with Crippen molar-refractivity contribution < 1.29 is 9.53 Å². The molecule has 0 aliphatic carbocycles. The van der Waals surface area contributed by atoms with E-state index in [-0.39, 0.29) is 36.4 Å². The third-order valence-corrected chi connectivity index (χ3v) is 3.09. The average molecular weight is 434 g/mol. The lowest BCUT2D eigenvalue weighted by molar-refractivity contribution is -0.127. The van der Waals surface area contributed by atoms with E-state index in [0.29, 0.717) is 12.5 Å². The van der Waals surface area contributed by atoms with Gasteiger partial charge < -0.3 is 20.3 Å². The van der Waals surface area contributed by atoms with Crippen LogP contribution in [0.1, 0.15) is 12.5 Å². The van der Waals surface area contributed by atoms with Gasteiger partial charge in [0.2, 0.25) is 5.91 Å². The lowest BCUT2D eigenvalue weighted by Crippen LogP contribution is -2.39. The quantitative estimate of drug-likeness (QED) is 0.388. The zero-order valence-electron chi connectivity index (χ0n) is 14.3. The number of methoxy groups -OCH3 is 1. The minimum Gasteiger partial charge on any atom is -0.496 e. The maximum Gasteiger partial charge on any atom is 0.243 e. The number of amides is 1. The zero-order valence-corrected chi connectivity index (χ0v) is 16.6. The highest BCUT2D eigenvalue weighted by atomic mass is 127. The molecule has 0 saturated heterocycles. The molecular formula is C16H27IN4O2. The molecule has 0 atom stereocenters. The summed E-state index contributed by atoms with van der Waals surface area (Å²) in [6.45, 7) is 3.58. The predicted octanol–water partition coefficient (Wildman–Crippen LogP) is 1.50. The van der Waals surface area contributed by atoms with Gasteiger partial charge in [0.1, 0.15) is 12.3 Å². The van der Waals surface area contributed by atoms with Gasteiger partial charge in [-0.2, -0.15) is 0 Å². The van der Waals surface area contributed by atoms with Gasteiger partial charge in [-0.15, -0.1) is 24.0 Å². The van der Waals surface area contributed by atoms with Crippen LogP contribution in [0.2, 0.25) is 0 Å². The Labute approximate surface area is 155 Å². The molecule has 0 spiro atoms. The monoisotopic (exact) mass is 434 g/mol. The van der Waals surface area contributed by atoms with Gasteiger partial charge in [-0.05, 0) is 25.0 Å². The van der Waals surface area contributed by atoms with E-state index >= 15 is 0 Å². The van der Waals surface area contributed by atoms with Gasteiger partial charge in [-0.25, -0.2) is 4.99 Å². The molecule has 7 heteroatoms. The molecule has 0 aliphatic heterocycles. The van der Waals surface area contributed by atoms with Crippen LogP contribution in [-0.2, 0) is 11.2 Å². The van der Waals surface area contributed by atoms with Crippen molar-refractivity contribution in [2.45, 2.75) is 13.3 Å². The Morgan fingerprint density at radius 1 is 1.26 bits per heavy atom. The number of hydrogen-bond acceptors (Lipinski definition) is 3. The first kappa shape index (κ1) is 21.5. The zero-order chi connectivity index (χ0) is 16.4. The summed E-state index contributed by atoms with van der Waals surface area (Å²) in [5.41, 5.74) is 1.14. The standard InChI is InChI=1S/C16H26N4O2.HI/c1-5-17-16(19-12-15(21)20(2)3)18-11-10-13-8-6-7-9-14(13)22-4;/h6-9H,5,10-12H2,1-4H3,(H2,17,18,19);1H. The highest BCUT2D eigenvalue weighted by molar-refractivity contribution is 14.0. The molecule has 0 aromatic heterocycles. The van der Waals surface area contributed by atoms with Crippen molar-refractivity contribution in [2.24, 2.45) is 4.99 Å². The average Bonchev–Trinajstić information content (AvgIpc) is 2.52. The first-order valence-corrected chi connectivity index (χ1v) is 7.42. The highest BCUT2D eigenvalue weighted by Crippen LogP contribution is 2.17. The van der Waals surface area contributed by atoms with Crippen molar-refractivity contribution in [2.75, 3.05) is 40.8 Å². The van der Waals surface area contributed by atoms with Crippen molar-refractivity contribution in [1.29, 1.82) is 0 Å². The number of carbonyl (C=O) groups is 1. The number of benzene rings is 1. The third-order valence-electron chi connectivity index (χ3n) is 3.09. The number of halogens is 1. The fraction of sp³-hybridized carbons (Fsp3) is 0.500. The summed E-state index contributed by atoms with van der Waals surface area (Å²) in [4.78, 5) is 17.4. The number of hydrogen-bond donors (Lipinski definition) is 2. The summed E-state index contributed by atoms with van der Waals surface area (Å²) in [6, 6.07) is 7.94. The van der Waals surface area contributed by atoms with Crippen LogP contribution in [0.25, 0.3) is 0 Å². The summed E-state index contributed by atoms with van der Waals surface area (Å²) < 4.78 is 5.33. The van der Waals surface area contributed by atoms with E-state index in [0.717, 1.165) is 24.3 Å². The SMILES string of the molecule is CCNC(=NCC(=O)N(C)C)NCCc1ccccc1OC.I. The number of aliphatic imine (C=N–C) groups is 1. The molecule has 130 valence electrons. The van der Waals surface area contributed by atoms with Crippen LogP contribution in [-0.4, -0.2) is 57.6 Å². The topological polar surface area (TPSA) is 66.0 Å². The molecule has 1 aromatic rings. The van der Waals surface area contributed by atoms with E-state index in [9.17, 15) is 4.79 Å². The van der Waals surface area contributed by atoms with Crippen molar-refractivity contribution in [3.05, 3.63) is 29.8 Å². The van der Waals surface area contributed by atoms with E-state index in [1.165, 1.54) is 4.90 Å². The van der Waals surface area contributed by atoms with E-state index in [4.69, 9.17) is 4.74 Å². The predicted molar refractivity (Wildman–Crippen MR) is 105 cm³/mol. The number of carbonyl (C=O) groups excluding carboxylic acids is 1. The Morgan fingerprint density at radius 3 is 2.57 bits per heavy atom. The lowest BCUT2D eigenvalue weighted by atomic mass is 10.1. The van der Waals surface area contributed by atoms with Crippen LogP contribution < -0.4 is 15.4 Å². The molecule has 0 bridgehead atoms. The van der Waals surface area contributed by atoms with Crippen LogP contribution in [0, 0.1) is 0 Å². The van der Waals surface area contributed by atoms with Gasteiger partial charge in [0.05, 0.1) is 7.11 Å². The van der Waals surface area contributed by atoms with Crippen LogP contribution in [0.15, 0.2) is 29.3 Å². The number of likely N-dealkylation sites (N-methyl/N-ethyl adjacent to an activating group) is 1. The van der Waals surface area contributed by atoms with E-state index in [1.807, 2.05) is 31.2 Å². The summed E-state index contributed by atoms with van der Waals surface area (Å²) >= 11 is 0. The highest BCUT2D eigenvalue weighted by Gasteiger charge is 2.05. The molecule has 1 amide bonds. The first-order chi connectivity index (χ1) is 10.6. The molecule has 0 radical (unpaired) electrons. The maximum absolute atomic E-state index is 11.6. The van der Waals surface area contributed by atoms with E-state index < -0.39 is 0 Å². The molecule has 0 fully saturated rings. The van der Waals surface area contributed by atoms with E-state index in [1.54, 1.807) is 21.2 Å². The lowest BCUT2D eigenvalue weighted by Gasteiger charge is -2.13. The first-order valence-electron chi connectivity index (χ1n) is 7.42. The molecular weight excluding hydrogens is 407 g/mol. The maximum atomic E-state index is 11.6. The molecule has 23 heavy (non-hydrogen) atoms. The second-order valence-electron chi connectivity index (χ2n) is 4.97. The summed E-state index contributed by atoms with van der Waals surface area (Å²) in [5.74, 6) is 1.50. The largest absolute Gasteiger partial charge is 0.496 e. The normalized spacial score (nSPS) is 10.5. The molecule has 0 saturated carbocycles. The smallest absolute Gasteiger partial charge is 0.243 e. The molecule has 1 rings (SSSR count). The van der Waals surface area contributed by atoms with E-state index in [2.05, 4.69) is 15.6 Å². The van der Waals surface area contributed by atoms with Crippen molar-refractivity contribution >= 4 is 35.8 Å². The number of rotatable bonds is 7. The second-order valence-corrected chi connectivity index (χ2v) is 4.97. The molecule has 0 aliphatic rings. The van der Waals surface area contributed by atoms with Crippen LogP contribution in [0.4, 0.5) is 0 Å². The molecule has 0 unspecified atom stereocenters. The van der Waals surface area contributed by atoms with Gasteiger partial charge in [0.15, 0.2) is 5.96 Å². The second kappa shape index (κ2) is 12.0. The minimum atomic E-state index is -0.0260. The van der Waals surface area contributed by atoms with Crippen molar-refractivity contribution in [1.82, 2.24) is 15.5 Å². The molecule has 1 aromatic carbocycles. The van der Waals surface area contributed by atoms with Crippen LogP contribution >= 0.6 is 24.0 Å². The van der Waals surface area contributed by atoms with Gasteiger partial charge in [-0.1, -0.05) is 18.2 Å². The summed E-state index contributed by atoms with van der Waals surface area (Å²) in [7, 11) is 5.12. The Balaban J connectivity index is 0.00000484. The van der Waals surface area contributed by atoms with Gasteiger partial charge in [0.25, 0.3) is 0 Å². The Bertz CT molecular complexity index is 507. The van der Waals surface area contributed by atoms with Crippen molar-refractivity contribution in [3.8, 4) is 5.75 Å². The minimum absolute atomic E-state index is 0. The summed E-state index contributed by atoms with van der Waals surface area (Å²) in [5, 5.41) is 6.36. The van der Waals surface area contributed by atoms with Gasteiger partial charge in [0, 0.05) is 27.2 Å². The fourth-order valence-electron chi connectivity index (χ4n) is 1.85. The van der Waals surface area contributed by atoms with Crippen LogP contribution in [0.5, 0.6) is 5.75 Å². The van der Waals surface area contributed by atoms with Gasteiger partial charge >= 0.3 is 0 Å². The molecule has 0 heterocycles. The number of para-hydroxylation sites is 1. The number of nitrogens with zero attached hydrogens (tertiary/aromatic N) is 2. The molecule has 6 nitrogen and oxygen atoms in total. The Kier molecular flexibility index (Phi) is 11.2. The van der Waals surface area contributed by atoms with Crippen molar-refractivity contribution in [3.63, 3.8) is 0 Å². The Morgan fingerprint density at radius 2 is 1.96 bits per heavy atom. The summed E-state index contributed by atoms with van der Waals surface area (Å²) in [6.07, 6.45) is 0.816. The van der Waals surface area contributed by atoms with Gasteiger partial charge in [-0.3, -0.25) is 4.79 Å². The number of ether oxygens (including phenoxy) is 1. The third kappa shape index (κ3) is 8.06.